The lowest BCUT2D eigenvalue weighted by atomic mass is 10.3. The number of ether oxygens (including phenoxy) is 1. The molecule has 0 unspecified atom stereocenters. The highest BCUT2D eigenvalue weighted by Crippen LogP contribution is 2.28. The van der Waals surface area contributed by atoms with Crippen molar-refractivity contribution in [2.24, 2.45) is 0 Å². The smallest absolute Gasteiger partial charge is 0.147 e. The standard InChI is InChI=1S/C11H14ClNO/c1-3-9(4-2)14-11-7-8(13)5-6-10(11)12/h3,5-7H,4,13H2,1-2H3. The van der Waals surface area contributed by atoms with Crippen LogP contribution in [0.4, 0.5) is 5.69 Å². The summed E-state index contributed by atoms with van der Waals surface area (Å²) in [6.45, 7) is 3.95. The molecule has 0 radical (unpaired) electrons. The Hall–Kier alpha value is -1.15. The van der Waals surface area contributed by atoms with Gasteiger partial charge in [0.25, 0.3) is 0 Å². The molecule has 0 aliphatic rings. The van der Waals surface area contributed by atoms with Gasteiger partial charge >= 0.3 is 0 Å². The van der Waals surface area contributed by atoms with E-state index in [4.69, 9.17) is 22.1 Å². The third kappa shape index (κ3) is 2.67. The van der Waals surface area contributed by atoms with E-state index >= 15 is 0 Å². The molecule has 0 aromatic heterocycles. The van der Waals surface area contributed by atoms with Gasteiger partial charge in [0.1, 0.15) is 5.75 Å². The van der Waals surface area contributed by atoms with Crippen LogP contribution in [0.5, 0.6) is 5.75 Å². The fraction of sp³-hybridized carbons (Fsp3) is 0.273. The Kier molecular flexibility index (Phi) is 3.84. The van der Waals surface area contributed by atoms with Crippen molar-refractivity contribution in [2.45, 2.75) is 20.3 Å². The molecule has 1 aromatic rings. The third-order valence-corrected chi connectivity index (χ3v) is 2.18. The van der Waals surface area contributed by atoms with E-state index in [2.05, 4.69) is 0 Å². The summed E-state index contributed by atoms with van der Waals surface area (Å²) >= 11 is 5.95. The molecule has 1 rings (SSSR count). The molecule has 0 atom stereocenters. The van der Waals surface area contributed by atoms with Crippen LogP contribution in [-0.2, 0) is 0 Å². The second kappa shape index (κ2) is 4.91. The Morgan fingerprint density at radius 1 is 1.57 bits per heavy atom. The molecule has 0 heterocycles. The van der Waals surface area contributed by atoms with Crippen molar-refractivity contribution in [3.8, 4) is 5.75 Å². The largest absolute Gasteiger partial charge is 0.460 e. The fourth-order valence-corrected chi connectivity index (χ4v) is 1.23. The predicted octanol–water partition coefficient (Wildman–Crippen LogP) is 3.61. The summed E-state index contributed by atoms with van der Waals surface area (Å²) in [7, 11) is 0. The summed E-state index contributed by atoms with van der Waals surface area (Å²) in [5.41, 5.74) is 6.28. The fourth-order valence-electron chi connectivity index (χ4n) is 1.07. The van der Waals surface area contributed by atoms with Crippen LogP contribution in [0.2, 0.25) is 5.02 Å². The molecule has 2 N–H and O–H groups in total. The lowest BCUT2D eigenvalue weighted by Gasteiger charge is -2.09. The summed E-state index contributed by atoms with van der Waals surface area (Å²) in [6.07, 6.45) is 2.75. The number of nitrogens with two attached hydrogens (primary N) is 1. The van der Waals surface area contributed by atoms with E-state index in [9.17, 15) is 0 Å². The van der Waals surface area contributed by atoms with Crippen molar-refractivity contribution in [2.75, 3.05) is 5.73 Å². The summed E-state index contributed by atoms with van der Waals surface area (Å²) < 4.78 is 5.57. The van der Waals surface area contributed by atoms with Gasteiger partial charge in [0.2, 0.25) is 0 Å². The minimum atomic E-state index is 0.576. The zero-order valence-corrected chi connectivity index (χ0v) is 9.14. The second-order valence-corrected chi connectivity index (χ2v) is 3.31. The monoisotopic (exact) mass is 211 g/mol. The molecule has 2 nitrogen and oxygen atoms in total. The minimum Gasteiger partial charge on any atom is -0.460 e. The normalized spacial score (nSPS) is 11.5. The van der Waals surface area contributed by atoms with E-state index in [-0.39, 0.29) is 0 Å². The molecule has 3 heteroatoms. The summed E-state index contributed by atoms with van der Waals surface area (Å²) in [6, 6.07) is 5.20. The van der Waals surface area contributed by atoms with Crippen molar-refractivity contribution in [1.82, 2.24) is 0 Å². The van der Waals surface area contributed by atoms with E-state index in [1.54, 1.807) is 18.2 Å². The number of benzene rings is 1. The molecule has 0 fully saturated rings. The zero-order chi connectivity index (χ0) is 10.6. The van der Waals surface area contributed by atoms with E-state index in [1.807, 2.05) is 19.9 Å². The molecular formula is C11H14ClNO. The lowest BCUT2D eigenvalue weighted by molar-refractivity contribution is 0.409. The van der Waals surface area contributed by atoms with Crippen LogP contribution in [0.15, 0.2) is 30.0 Å². The van der Waals surface area contributed by atoms with Crippen LogP contribution in [0.1, 0.15) is 20.3 Å². The average molecular weight is 212 g/mol. The van der Waals surface area contributed by atoms with Gasteiger partial charge in [-0.25, -0.2) is 0 Å². The first-order valence-corrected chi connectivity index (χ1v) is 4.93. The molecular weight excluding hydrogens is 198 g/mol. The topological polar surface area (TPSA) is 35.2 Å². The quantitative estimate of drug-likeness (QED) is 0.612. The molecule has 0 spiro atoms. The van der Waals surface area contributed by atoms with Crippen LogP contribution in [0, 0.1) is 0 Å². The molecule has 0 bridgehead atoms. The van der Waals surface area contributed by atoms with Gasteiger partial charge in [0.15, 0.2) is 0 Å². The van der Waals surface area contributed by atoms with Crippen LogP contribution >= 0.6 is 11.6 Å². The van der Waals surface area contributed by atoms with Crippen molar-refractivity contribution >= 4 is 17.3 Å². The van der Waals surface area contributed by atoms with Crippen molar-refractivity contribution < 1.29 is 4.74 Å². The van der Waals surface area contributed by atoms with E-state index in [0.717, 1.165) is 12.2 Å². The maximum atomic E-state index is 5.95. The van der Waals surface area contributed by atoms with Crippen molar-refractivity contribution in [1.29, 1.82) is 0 Å². The van der Waals surface area contributed by atoms with Crippen molar-refractivity contribution in [3.63, 3.8) is 0 Å². The predicted molar refractivity (Wildman–Crippen MR) is 60.5 cm³/mol. The SMILES string of the molecule is CC=C(CC)Oc1cc(N)ccc1Cl. The van der Waals surface area contributed by atoms with Gasteiger partial charge in [-0.2, -0.15) is 0 Å². The Morgan fingerprint density at radius 3 is 2.86 bits per heavy atom. The van der Waals surface area contributed by atoms with Crippen LogP contribution in [-0.4, -0.2) is 0 Å². The summed E-state index contributed by atoms with van der Waals surface area (Å²) in [4.78, 5) is 0. The number of hydrogen-bond acceptors (Lipinski definition) is 2. The lowest BCUT2D eigenvalue weighted by Crippen LogP contribution is -1.95. The Balaban J connectivity index is 2.90. The molecule has 0 saturated heterocycles. The number of rotatable bonds is 3. The molecule has 0 amide bonds. The van der Waals surface area contributed by atoms with E-state index < -0.39 is 0 Å². The summed E-state index contributed by atoms with van der Waals surface area (Å²) in [5.74, 6) is 1.50. The van der Waals surface area contributed by atoms with Crippen LogP contribution < -0.4 is 10.5 Å². The van der Waals surface area contributed by atoms with Crippen LogP contribution in [0.3, 0.4) is 0 Å². The maximum absolute atomic E-state index is 5.95. The first-order chi connectivity index (χ1) is 6.67. The molecule has 0 aliphatic heterocycles. The van der Waals surface area contributed by atoms with Gasteiger partial charge < -0.3 is 10.5 Å². The van der Waals surface area contributed by atoms with Gasteiger partial charge in [-0.1, -0.05) is 18.5 Å². The van der Waals surface area contributed by atoms with Crippen LogP contribution in [0.25, 0.3) is 0 Å². The number of halogens is 1. The molecule has 0 saturated carbocycles. The zero-order valence-electron chi connectivity index (χ0n) is 8.38. The van der Waals surface area contributed by atoms with Gasteiger partial charge in [-0.05, 0) is 25.1 Å². The van der Waals surface area contributed by atoms with E-state index in [0.29, 0.717) is 16.5 Å². The molecule has 1 aromatic carbocycles. The van der Waals surface area contributed by atoms with E-state index in [1.165, 1.54) is 0 Å². The Labute approximate surface area is 89.3 Å². The Morgan fingerprint density at radius 2 is 2.29 bits per heavy atom. The highest BCUT2D eigenvalue weighted by molar-refractivity contribution is 6.32. The number of allylic oxidation sites excluding steroid dienone is 2. The maximum Gasteiger partial charge on any atom is 0.147 e. The molecule has 0 aliphatic carbocycles. The third-order valence-electron chi connectivity index (χ3n) is 1.87. The highest BCUT2D eigenvalue weighted by atomic mass is 35.5. The number of hydrogen-bond donors (Lipinski definition) is 1. The number of nitrogen functional groups attached to an aromatic ring is 1. The first-order valence-electron chi connectivity index (χ1n) is 4.55. The van der Waals surface area contributed by atoms with Gasteiger partial charge in [-0.3, -0.25) is 0 Å². The second-order valence-electron chi connectivity index (χ2n) is 2.90. The molecule has 14 heavy (non-hydrogen) atoms. The Bertz CT molecular complexity index is 347. The summed E-state index contributed by atoms with van der Waals surface area (Å²) in [5, 5.41) is 0.576. The van der Waals surface area contributed by atoms with Gasteiger partial charge in [0, 0.05) is 18.2 Å². The average Bonchev–Trinajstić information content (AvgIpc) is 2.19. The number of anilines is 1. The first kappa shape index (κ1) is 10.9. The van der Waals surface area contributed by atoms with Crippen molar-refractivity contribution in [3.05, 3.63) is 35.1 Å². The highest BCUT2D eigenvalue weighted by Gasteiger charge is 2.03. The van der Waals surface area contributed by atoms with Gasteiger partial charge in [0.05, 0.1) is 10.8 Å². The molecule has 76 valence electrons. The van der Waals surface area contributed by atoms with Gasteiger partial charge in [-0.15, -0.1) is 0 Å². The minimum absolute atomic E-state index is 0.576.